The van der Waals surface area contributed by atoms with E-state index in [0.717, 1.165) is 11.1 Å². The van der Waals surface area contributed by atoms with Gasteiger partial charge in [-0.15, -0.1) is 10.2 Å². The van der Waals surface area contributed by atoms with Crippen molar-refractivity contribution >= 4 is 40.2 Å². The van der Waals surface area contributed by atoms with Crippen LogP contribution in [0, 0.1) is 0 Å². The number of nitrogens with one attached hydrogen (secondary N) is 2. The second-order valence-corrected chi connectivity index (χ2v) is 7.47. The lowest BCUT2D eigenvalue weighted by Crippen LogP contribution is -2.39. The molecular formula is C19H19ClN6O3S. The molecule has 0 aliphatic heterocycles. The summed E-state index contributed by atoms with van der Waals surface area (Å²) in [6.07, 6.45) is 2.65. The molecule has 9 nitrogen and oxygen atoms in total. The summed E-state index contributed by atoms with van der Waals surface area (Å²) >= 11 is 7.27. The Labute approximate surface area is 182 Å². The monoisotopic (exact) mass is 446 g/mol. The van der Waals surface area contributed by atoms with Crippen LogP contribution in [0.1, 0.15) is 5.56 Å². The molecule has 0 saturated carbocycles. The van der Waals surface area contributed by atoms with Gasteiger partial charge >= 0.3 is 12.1 Å². The summed E-state index contributed by atoms with van der Waals surface area (Å²) in [6, 6.07) is 10.6. The van der Waals surface area contributed by atoms with Gasteiger partial charge in [0.25, 0.3) is 0 Å². The summed E-state index contributed by atoms with van der Waals surface area (Å²) in [5.41, 5.74) is 1.63. The van der Waals surface area contributed by atoms with Crippen molar-refractivity contribution in [2.75, 3.05) is 25.5 Å². The number of benzene rings is 1. The van der Waals surface area contributed by atoms with Crippen LogP contribution >= 0.6 is 22.9 Å². The number of hydrogen-bond acceptors (Lipinski definition) is 7. The highest BCUT2D eigenvalue weighted by atomic mass is 35.5. The quantitative estimate of drug-likeness (QED) is 0.573. The number of rotatable bonds is 7. The van der Waals surface area contributed by atoms with Crippen molar-refractivity contribution in [2.24, 2.45) is 0 Å². The number of likely N-dealkylation sites (N-methyl/N-ethyl adjacent to an activating group) is 1. The van der Waals surface area contributed by atoms with Gasteiger partial charge < -0.3 is 15.0 Å². The minimum absolute atomic E-state index is 0.0239. The second kappa shape index (κ2) is 10.5. The number of amides is 3. The largest absolute Gasteiger partial charge is 0.447 e. The summed E-state index contributed by atoms with van der Waals surface area (Å²) in [6.45, 7) is 0.551. The molecule has 3 rings (SSSR count). The van der Waals surface area contributed by atoms with E-state index in [4.69, 9.17) is 16.3 Å². The van der Waals surface area contributed by atoms with Crippen molar-refractivity contribution in [3.8, 4) is 10.6 Å². The average Bonchev–Trinajstić information content (AvgIpc) is 3.22. The third-order valence-corrected chi connectivity index (χ3v) is 5.19. The van der Waals surface area contributed by atoms with Crippen molar-refractivity contribution in [3.05, 3.63) is 59.4 Å². The molecule has 2 heterocycles. The molecule has 30 heavy (non-hydrogen) atoms. The topological polar surface area (TPSA) is 109 Å². The number of hydrogen-bond donors (Lipinski definition) is 2. The van der Waals surface area contributed by atoms with Gasteiger partial charge in [0, 0.05) is 36.6 Å². The number of carbonyl (C=O) groups is 2. The first-order valence-electron chi connectivity index (χ1n) is 8.93. The molecular weight excluding hydrogens is 428 g/mol. The molecule has 0 saturated heterocycles. The predicted octanol–water partition coefficient (Wildman–Crippen LogP) is 3.64. The number of urea groups is 1. The van der Waals surface area contributed by atoms with Crippen LogP contribution in [-0.2, 0) is 11.3 Å². The first-order valence-corrected chi connectivity index (χ1v) is 10.1. The third kappa shape index (κ3) is 6.13. The van der Waals surface area contributed by atoms with Crippen LogP contribution in [-0.4, -0.2) is 52.4 Å². The lowest BCUT2D eigenvalue weighted by atomic mass is 10.2. The van der Waals surface area contributed by atoms with Gasteiger partial charge in [-0.25, -0.2) is 9.59 Å². The molecule has 3 amide bonds. The fourth-order valence-corrected chi connectivity index (χ4v) is 3.25. The van der Waals surface area contributed by atoms with Crippen LogP contribution in [0.3, 0.4) is 0 Å². The summed E-state index contributed by atoms with van der Waals surface area (Å²) < 4.78 is 5.10. The van der Waals surface area contributed by atoms with E-state index in [1.165, 1.54) is 16.2 Å². The van der Waals surface area contributed by atoms with E-state index in [-0.39, 0.29) is 19.2 Å². The fourth-order valence-electron chi connectivity index (χ4n) is 2.33. The van der Waals surface area contributed by atoms with Crippen LogP contribution in [0.5, 0.6) is 0 Å². The number of halogens is 1. The smallest absolute Gasteiger partial charge is 0.413 e. The van der Waals surface area contributed by atoms with Crippen LogP contribution < -0.4 is 10.6 Å². The van der Waals surface area contributed by atoms with Crippen molar-refractivity contribution in [2.45, 2.75) is 6.54 Å². The van der Waals surface area contributed by atoms with E-state index in [9.17, 15) is 9.59 Å². The predicted molar refractivity (Wildman–Crippen MR) is 114 cm³/mol. The van der Waals surface area contributed by atoms with Crippen LogP contribution in [0.25, 0.3) is 10.6 Å². The number of nitrogens with zero attached hydrogens (tertiary/aromatic N) is 4. The maximum Gasteiger partial charge on any atom is 0.413 e. The molecule has 0 fully saturated rings. The molecule has 0 unspecified atom stereocenters. The van der Waals surface area contributed by atoms with E-state index in [0.29, 0.717) is 21.7 Å². The average molecular weight is 447 g/mol. The van der Waals surface area contributed by atoms with Crippen LogP contribution in [0.4, 0.5) is 14.7 Å². The number of carbonyl (C=O) groups excluding carboxylic acids is 2. The fraction of sp³-hybridized carbons (Fsp3) is 0.211. The van der Waals surface area contributed by atoms with Crippen LogP contribution in [0.2, 0.25) is 5.02 Å². The van der Waals surface area contributed by atoms with Gasteiger partial charge in [-0.1, -0.05) is 41.1 Å². The van der Waals surface area contributed by atoms with Crippen molar-refractivity contribution in [1.29, 1.82) is 0 Å². The summed E-state index contributed by atoms with van der Waals surface area (Å²) in [4.78, 5) is 29.5. The Bertz CT molecular complexity index is 1000. The summed E-state index contributed by atoms with van der Waals surface area (Å²) in [5, 5.41) is 14.7. The molecule has 2 N–H and O–H groups in total. The Kier molecular flexibility index (Phi) is 7.52. The van der Waals surface area contributed by atoms with Crippen molar-refractivity contribution in [1.82, 2.24) is 25.4 Å². The zero-order chi connectivity index (χ0) is 21.3. The minimum Gasteiger partial charge on any atom is -0.447 e. The molecule has 11 heteroatoms. The number of pyridine rings is 1. The molecule has 156 valence electrons. The molecule has 0 aliphatic rings. The van der Waals surface area contributed by atoms with Gasteiger partial charge in [-0.3, -0.25) is 10.3 Å². The van der Waals surface area contributed by atoms with Gasteiger partial charge in [0.15, 0.2) is 5.01 Å². The van der Waals surface area contributed by atoms with Gasteiger partial charge in [0.1, 0.15) is 6.61 Å². The van der Waals surface area contributed by atoms with E-state index in [1.54, 1.807) is 31.6 Å². The Morgan fingerprint density at radius 2 is 2.03 bits per heavy atom. The normalized spacial score (nSPS) is 10.3. The van der Waals surface area contributed by atoms with Gasteiger partial charge in [0.05, 0.1) is 6.54 Å². The third-order valence-electron chi connectivity index (χ3n) is 3.94. The number of anilines is 1. The first kappa shape index (κ1) is 21.5. The van der Waals surface area contributed by atoms with Gasteiger partial charge in [0.2, 0.25) is 5.13 Å². The maximum atomic E-state index is 12.1. The van der Waals surface area contributed by atoms with E-state index in [1.807, 2.05) is 24.3 Å². The standard InChI is InChI=1S/C19H19ClN6O3S/c1-26(18(27)22-12-13-5-2-3-7-15(13)20)9-10-29-19(28)23-17-25-24-16(30-17)14-6-4-8-21-11-14/h2-8,11H,9-10,12H2,1H3,(H,22,27)(H,23,25,28). The number of ether oxygens (including phenoxy) is 1. The molecule has 0 radical (unpaired) electrons. The highest BCUT2D eigenvalue weighted by molar-refractivity contribution is 7.18. The van der Waals surface area contributed by atoms with Crippen LogP contribution in [0.15, 0.2) is 48.8 Å². The molecule has 2 aromatic heterocycles. The Balaban J connectivity index is 1.38. The molecule has 1 aromatic carbocycles. The molecule has 0 aliphatic carbocycles. The zero-order valence-electron chi connectivity index (χ0n) is 16.0. The van der Waals surface area contributed by atoms with Crippen molar-refractivity contribution in [3.63, 3.8) is 0 Å². The highest BCUT2D eigenvalue weighted by Crippen LogP contribution is 2.25. The summed E-state index contributed by atoms with van der Waals surface area (Å²) in [5.74, 6) is 0. The first-order chi connectivity index (χ1) is 14.5. The Morgan fingerprint density at radius 3 is 2.80 bits per heavy atom. The molecule has 3 aromatic rings. The summed E-state index contributed by atoms with van der Waals surface area (Å²) in [7, 11) is 1.61. The van der Waals surface area contributed by atoms with E-state index < -0.39 is 6.09 Å². The molecule has 0 spiro atoms. The minimum atomic E-state index is -0.672. The lowest BCUT2D eigenvalue weighted by Gasteiger charge is -2.18. The Hall–Kier alpha value is -3.24. The second-order valence-electron chi connectivity index (χ2n) is 6.09. The SMILES string of the molecule is CN(CCOC(=O)Nc1nnc(-c2cccnc2)s1)C(=O)NCc1ccccc1Cl. The van der Waals surface area contributed by atoms with Crippen molar-refractivity contribution < 1.29 is 14.3 Å². The zero-order valence-corrected chi connectivity index (χ0v) is 17.6. The van der Waals surface area contributed by atoms with E-state index >= 15 is 0 Å². The highest BCUT2D eigenvalue weighted by Gasteiger charge is 2.12. The molecule has 0 atom stereocenters. The van der Waals surface area contributed by atoms with E-state index in [2.05, 4.69) is 25.8 Å². The lowest BCUT2D eigenvalue weighted by molar-refractivity contribution is 0.146. The van der Waals surface area contributed by atoms with Gasteiger partial charge in [-0.05, 0) is 23.8 Å². The number of aromatic nitrogens is 3. The molecule has 0 bridgehead atoms. The Morgan fingerprint density at radius 1 is 1.20 bits per heavy atom. The van der Waals surface area contributed by atoms with Gasteiger partial charge in [-0.2, -0.15) is 0 Å². The maximum absolute atomic E-state index is 12.1.